The van der Waals surface area contributed by atoms with Gasteiger partial charge in [0.15, 0.2) is 17.3 Å². The van der Waals surface area contributed by atoms with Gasteiger partial charge < -0.3 is 14.8 Å². The van der Waals surface area contributed by atoms with Crippen LogP contribution in [0.15, 0.2) is 30.3 Å². The quantitative estimate of drug-likeness (QED) is 0.923. The summed E-state index contributed by atoms with van der Waals surface area (Å²) in [5.41, 5.74) is 4.37. The highest BCUT2D eigenvalue weighted by atomic mass is 16.5. The molecule has 1 aliphatic heterocycles. The highest BCUT2D eigenvalue weighted by Gasteiger charge is 2.38. The van der Waals surface area contributed by atoms with Gasteiger partial charge in [0.25, 0.3) is 0 Å². The van der Waals surface area contributed by atoms with Crippen molar-refractivity contribution < 1.29 is 14.3 Å². The molecule has 0 atom stereocenters. The number of hydrogen-bond acceptors (Lipinski definition) is 4. The van der Waals surface area contributed by atoms with E-state index in [1.165, 1.54) is 0 Å². The second-order valence-electron chi connectivity index (χ2n) is 5.45. The fourth-order valence-corrected chi connectivity index (χ4v) is 3.42. The fraction of sp³-hybridized carbons (Fsp3) is 0.222. The zero-order valence-corrected chi connectivity index (χ0v) is 12.5. The Morgan fingerprint density at radius 1 is 1.05 bits per heavy atom. The van der Waals surface area contributed by atoms with Crippen molar-refractivity contribution in [1.29, 1.82) is 0 Å². The first-order chi connectivity index (χ1) is 10.8. The van der Waals surface area contributed by atoms with Crippen molar-refractivity contribution >= 4 is 5.78 Å². The van der Waals surface area contributed by atoms with Gasteiger partial charge in [-0.2, -0.15) is 0 Å². The molecule has 0 unspecified atom stereocenters. The topological polar surface area (TPSA) is 47.6 Å². The minimum Gasteiger partial charge on any atom is -0.493 e. The third-order valence-corrected chi connectivity index (χ3v) is 4.37. The molecule has 0 bridgehead atoms. The molecule has 4 nitrogen and oxygen atoms in total. The van der Waals surface area contributed by atoms with E-state index in [1.807, 2.05) is 30.3 Å². The Morgan fingerprint density at radius 3 is 2.55 bits per heavy atom. The Bertz CT molecular complexity index is 782. The molecule has 2 aromatic rings. The van der Waals surface area contributed by atoms with Gasteiger partial charge in [-0.1, -0.05) is 24.3 Å². The normalized spacial score (nSPS) is 16.0. The second kappa shape index (κ2) is 4.85. The van der Waals surface area contributed by atoms with E-state index in [1.54, 1.807) is 14.2 Å². The van der Waals surface area contributed by atoms with Crippen LogP contribution in [0.5, 0.6) is 11.5 Å². The first-order valence-corrected chi connectivity index (χ1v) is 7.29. The molecule has 1 N–H and O–H groups in total. The molecule has 0 amide bonds. The van der Waals surface area contributed by atoms with E-state index in [9.17, 15) is 4.79 Å². The first-order valence-electron chi connectivity index (χ1n) is 7.29. The second-order valence-corrected chi connectivity index (χ2v) is 5.45. The smallest absolute Gasteiger partial charge is 0.197 e. The molecule has 4 heteroatoms. The van der Waals surface area contributed by atoms with Crippen LogP contribution in [-0.2, 0) is 6.42 Å². The molecule has 2 aliphatic rings. The van der Waals surface area contributed by atoms with Crippen LogP contribution in [0.2, 0.25) is 0 Å². The summed E-state index contributed by atoms with van der Waals surface area (Å²) >= 11 is 0. The van der Waals surface area contributed by atoms with Gasteiger partial charge in [-0.25, -0.2) is 0 Å². The number of methoxy groups -OCH3 is 2. The number of fused-ring (bicyclic) bond motifs is 2. The summed E-state index contributed by atoms with van der Waals surface area (Å²) in [5, 5.41) is 3.45. The molecule has 2 aromatic carbocycles. The lowest BCUT2D eigenvalue weighted by Gasteiger charge is -2.34. The van der Waals surface area contributed by atoms with Gasteiger partial charge in [0.05, 0.1) is 25.8 Å². The van der Waals surface area contributed by atoms with Crippen LogP contribution in [0.3, 0.4) is 0 Å². The van der Waals surface area contributed by atoms with Crippen LogP contribution in [-0.4, -0.2) is 26.5 Å². The zero-order valence-electron chi connectivity index (χ0n) is 12.5. The van der Waals surface area contributed by atoms with Crippen molar-refractivity contribution in [3.8, 4) is 11.5 Å². The Morgan fingerprint density at radius 2 is 1.82 bits per heavy atom. The third-order valence-electron chi connectivity index (χ3n) is 4.37. The van der Waals surface area contributed by atoms with E-state index in [4.69, 9.17) is 9.47 Å². The van der Waals surface area contributed by atoms with E-state index >= 15 is 0 Å². The molecule has 111 valence electrons. The third kappa shape index (κ3) is 1.64. The van der Waals surface area contributed by atoms with Crippen LogP contribution < -0.4 is 14.8 Å². The van der Waals surface area contributed by atoms with E-state index in [0.717, 1.165) is 35.7 Å². The van der Waals surface area contributed by atoms with Crippen LogP contribution in [0, 0.1) is 6.04 Å². The predicted octanol–water partition coefficient (Wildman–Crippen LogP) is 2.32. The van der Waals surface area contributed by atoms with E-state index in [-0.39, 0.29) is 5.78 Å². The van der Waals surface area contributed by atoms with Gasteiger partial charge in [-0.15, -0.1) is 0 Å². The van der Waals surface area contributed by atoms with Gasteiger partial charge >= 0.3 is 0 Å². The summed E-state index contributed by atoms with van der Waals surface area (Å²) in [6, 6.07) is 10.7. The Balaban J connectivity index is 2.08. The van der Waals surface area contributed by atoms with Gasteiger partial charge in [-0.3, -0.25) is 4.79 Å². The van der Waals surface area contributed by atoms with Gasteiger partial charge in [0, 0.05) is 12.1 Å². The molecule has 0 saturated heterocycles. The van der Waals surface area contributed by atoms with Crippen molar-refractivity contribution in [2.24, 2.45) is 0 Å². The molecule has 1 radical (unpaired) electrons. The average Bonchev–Trinajstić information content (AvgIpc) is 2.58. The maximum Gasteiger partial charge on any atom is 0.197 e. The molecule has 1 heterocycles. The lowest BCUT2D eigenvalue weighted by Crippen LogP contribution is -2.37. The molecule has 0 aromatic heterocycles. The predicted molar refractivity (Wildman–Crippen MR) is 82.6 cm³/mol. The molecule has 1 aliphatic carbocycles. The summed E-state index contributed by atoms with van der Waals surface area (Å²) in [5.74, 6) is 1.13. The average molecular weight is 294 g/mol. The van der Waals surface area contributed by atoms with Crippen molar-refractivity contribution in [3.63, 3.8) is 0 Å². The Labute approximate surface area is 129 Å². The lowest BCUT2D eigenvalue weighted by atomic mass is 9.76. The summed E-state index contributed by atoms with van der Waals surface area (Å²) < 4.78 is 10.9. The van der Waals surface area contributed by atoms with Gasteiger partial charge in [0.1, 0.15) is 0 Å². The molecule has 22 heavy (non-hydrogen) atoms. The SMILES string of the molecule is COc1cc2c3c(c1OC)C(=O)c1ccccc1[C]3NCC2. The highest BCUT2D eigenvalue weighted by Crippen LogP contribution is 2.46. The number of hydrogen-bond donors (Lipinski definition) is 1. The molecule has 4 rings (SSSR count). The van der Waals surface area contributed by atoms with E-state index in [2.05, 4.69) is 5.32 Å². The van der Waals surface area contributed by atoms with E-state index < -0.39 is 0 Å². The number of ketones is 1. The number of carbonyl (C=O) groups is 1. The largest absolute Gasteiger partial charge is 0.493 e. The highest BCUT2D eigenvalue weighted by molar-refractivity contribution is 6.16. The first kappa shape index (κ1) is 13.3. The summed E-state index contributed by atoms with van der Waals surface area (Å²) in [7, 11) is 3.17. The monoisotopic (exact) mass is 294 g/mol. The lowest BCUT2D eigenvalue weighted by molar-refractivity contribution is 0.103. The van der Waals surface area contributed by atoms with Gasteiger partial charge in [-0.05, 0) is 29.2 Å². The molecular weight excluding hydrogens is 278 g/mol. The van der Waals surface area contributed by atoms with Crippen LogP contribution >= 0.6 is 0 Å². The summed E-state index contributed by atoms with van der Waals surface area (Å²) in [6.07, 6.45) is 0.863. The summed E-state index contributed by atoms with van der Waals surface area (Å²) in [4.78, 5) is 13.0. The summed E-state index contributed by atoms with van der Waals surface area (Å²) in [6.45, 7) is 0.847. The Hall–Kier alpha value is -2.33. The van der Waals surface area contributed by atoms with Crippen molar-refractivity contribution in [3.05, 3.63) is 64.2 Å². The minimum absolute atomic E-state index is 0.00458. The number of nitrogens with one attached hydrogen (secondary N) is 1. The van der Waals surface area contributed by atoms with E-state index in [0.29, 0.717) is 22.6 Å². The van der Waals surface area contributed by atoms with Crippen LogP contribution in [0.4, 0.5) is 0 Å². The molecule has 0 fully saturated rings. The standard InChI is InChI=1S/C18H16NO3/c1-21-13-9-10-7-8-19-16-11-5-3-4-6-12(11)17(20)15(14(10)16)18(13)22-2/h3-6,9,19H,7-8H2,1-2H3. The van der Waals surface area contributed by atoms with Crippen molar-refractivity contribution in [2.45, 2.75) is 6.42 Å². The minimum atomic E-state index is -0.00458. The van der Waals surface area contributed by atoms with Crippen LogP contribution in [0.25, 0.3) is 0 Å². The number of carbonyl (C=O) groups excluding carboxylic acids is 1. The number of benzene rings is 2. The van der Waals surface area contributed by atoms with Gasteiger partial charge in [0.2, 0.25) is 0 Å². The number of rotatable bonds is 2. The van der Waals surface area contributed by atoms with Crippen LogP contribution in [0.1, 0.15) is 32.6 Å². The van der Waals surface area contributed by atoms with Crippen molar-refractivity contribution in [1.82, 2.24) is 5.32 Å². The Kier molecular flexibility index (Phi) is 2.94. The maximum absolute atomic E-state index is 13.0. The van der Waals surface area contributed by atoms with Crippen molar-refractivity contribution in [2.75, 3.05) is 20.8 Å². The zero-order chi connectivity index (χ0) is 15.3. The fourth-order valence-electron chi connectivity index (χ4n) is 3.42. The molecular formula is C18H16NO3. The molecule has 0 saturated carbocycles. The molecule has 0 spiro atoms. The number of ether oxygens (including phenoxy) is 2. The maximum atomic E-state index is 13.0.